The highest BCUT2D eigenvalue weighted by molar-refractivity contribution is 6.12. The van der Waals surface area contributed by atoms with Crippen molar-refractivity contribution in [3.63, 3.8) is 0 Å². The number of nitrogens with one attached hydrogen (secondary N) is 1. The normalized spacial score (nSPS) is 22.1. The third kappa shape index (κ3) is 4.73. The van der Waals surface area contributed by atoms with E-state index in [2.05, 4.69) is 5.32 Å². The van der Waals surface area contributed by atoms with Crippen LogP contribution < -0.4 is 5.32 Å². The SMILES string of the molecule is CCCC1=C(C(=O)OCC)C(c2ccc([N+](=O)[O-])cc2)C2=C(CC(C)C(C(=O)OCC)C2=O)N1. The average Bonchev–Trinajstić information content (AvgIpc) is 2.78. The fourth-order valence-electron chi connectivity index (χ4n) is 4.72. The topological polar surface area (TPSA) is 125 Å². The number of ketones is 1. The van der Waals surface area contributed by atoms with E-state index in [9.17, 15) is 24.5 Å². The molecule has 0 bridgehead atoms. The molecule has 9 heteroatoms. The Morgan fingerprint density at radius 1 is 1.12 bits per heavy atom. The van der Waals surface area contributed by atoms with E-state index < -0.39 is 34.5 Å². The van der Waals surface area contributed by atoms with Gasteiger partial charge in [0.15, 0.2) is 5.78 Å². The summed E-state index contributed by atoms with van der Waals surface area (Å²) in [5.74, 6) is -3.64. The number of allylic oxidation sites excluding steroid dienone is 3. The molecule has 0 saturated heterocycles. The Balaban J connectivity index is 2.21. The van der Waals surface area contributed by atoms with Crippen LogP contribution in [0.4, 0.5) is 5.69 Å². The Bertz CT molecular complexity index is 1060. The van der Waals surface area contributed by atoms with Crippen molar-refractivity contribution in [3.05, 3.63) is 62.5 Å². The lowest BCUT2D eigenvalue weighted by Crippen LogP contribution is -2.43. The maximum Gasteiger partial charge on any atom is 0.336 e. The maximum absolute atomic E-state index is 13.8. The van der Waals surface area contributed by atoms with Crippen molar-refractivity contribution in [2.75, 3.05) is 13.2 Å². The molecular formula is C25H30N2O7. The second-order valence-corrected chi connectivity index (χ2v) is 8.44. The minimum atomic E-state index is -0.989. The Morgan fingerprint density at radius 3 is 2.32 bits per heavy atom. The molecule has 3 atom stereocenters. The molecule has 9 nitrogen and oxygen atoms in total. The number of hydrogen-bond donors (Lipinski definition) is 1. The standard InChI is InChI=1S/C25H30N2O7/c1-5-8-17-22(25(30)34-7-3)20(15-9-11-16(12-10-15)27(31)32)21-18(26-17)13-14(4)19(23(21)28)24(29)33-6-2/h9-12,14,19-20,26H,5-8,13H2,1-4H3. The van der Waals surface area contributed by atoms with Crippen molar-refractivity contribution in [1.82, 2.24) is 5.32 Å². The molecular weight excluding hydrogens is 440 g/mol. The fourth-order valence-corrected chi connectivity index (χ4v) is 4.72. The minimum absolute atomic E-state index is 0.102. The van der Waals surface area contributed by atoms with Crippen LogP contribution in [0.15, 0.2) is 46.8 Å². The molecule has 0 fully saturated rings. The molecule has 3 rings (SSSR count). The highest BCUT2D eigenvalue weighted by Crippen LogP contribution is 2.46. The Kier molecular flexibility index (Phi) is 7.86. The largest absolute Gasteiger partial charge is 0.465 e. The number of Topliss-reactive ketones (excluding diaryl/α,β-unsaturated/α-hetero) is 1. The fraction of sp³-hybridized carbons (Fsp3) is 0.480. The van der Waals surface area contributed by atoms with Crippen molar-refractivity contribution < 1.29 is 28.8 Å². The van der Waals surface area contributed by atoms with Crippen molar-refractivity contribution in [3.8, 4) is 0 Å². The maximum atomic E-state index is 13.8. The molecule has 1 aliphatic heterocycles. The molecule has 1 N–H and O–H groups in total. The van der Waals surface area contributed by atoms with Gasteiger partial charge < -0.3 is 14.8 Å². The van der Waals surface area contributed by atoms with Crippen LogP contribution in [0.1, 0.15) is 58.4 Å². The van der Waals surface area contributed by atoms with Gasteiger partial charge in [0.2, 0.25) is 0 Å². The third-order valence-corrected chi connectivity index (χ3v) is 6.15. The molecule has 1 aliphatic carbocycles. The van der Waals surface area contributed by atoms with E-state index in [0.717, 1.165) is 6.42 Å². The predicted molar refractivity (Wildman–Crippen MR) is 123 cm³/mol. The van der Waals surface area contributed by atoms with Crippen LogP contribution in [0.2, 0.25) is 0 Å². The van der Waals surface area contributed by atoms with Gasteiger partial charge in [0.25, 0.3) is 5.69 Å². The van der Waals surface area contributed by atoms with Crippen LogP contribution in [0.3, 0.4) is 0 Å². The highest BCUT2D eigenvalue weighted by Gasteiger charge is 2.47. The van der Waals surface area contributed by atoms with Crippen LogP contribution in [0, 0.1) is 22.0 Å². The molecule has 0 amide bonds. The molecule has 34 heavy (non-hydrogen) atoms. The molecule has 0 radical (unpaired) electrons. The smallest absolute Gasteiger partial charge is 0.336 e. The van der Waals surface area contributed by atoms with Crippen molar-refractivity contribution >= 4 is 23.4 Å². The lowest BCUT2D eigenvalue weighted by molar-refractivity contribution is -0.384. The second-order valence-electron chi connectivity index (χ2n) is 8.44. The van der Waals surface area contributed by atoms with Crippen LogP contribution in [0.5, 0.6) is 0 Å². The lowest BCUT2D eigenvalue weighted by Gasteiger charge is -2.39. The Hall–Kier alpha value is -3.49. The molecule has 1 aromatic rings. The molecule has 0 saturated carbocycles. The Labute approximate surface area is 198 Å². The number of dihydropyridines is 1. The molecule has 3 unspecified atom stereocenters. The zero-order valence-corrected chi connectivity index (χ0v) is 19.9. The number of nitrogens with zero attached hydrogens (tertiary/aromatic N) is 1. The monoisotopic (exact) mass is 470 g/mol. The van der Waals surface area contributed by atoms with Crippen LogP contribution in [-0.4, -0.2) is 35.9 Å². The molecule has 1 heterocycles. The summed E-state index contributed by atoms with van der Waals surface area (Å²) < 4.78 is 10.5. The van der Waals surface area contributed by atoms with Crippen LogP contribution in [0.25, 0.3) is 0 Å². The van der Waals surface area contributed by atoms with E-state index in [4.69, 9.17) is 9.47 Å². The number of nitro benzene ring substituents is 1. The van der Waals surface area contributed by atoms with E-state index in [1.807, 2.05) is 13.8 Å². The first-order valence-corrected chi connectivity index (χ1v) is 11.6. The van der Waals surface area contributed by atoms with E-state index in [0.29, 0.717) is 40.9 Å². The van der Waals surface area contributed by atoms with Gasteiger partial charge in [0.1, 0.15) is 5.92 Å². The lowest BCUT2D eigenvalue weighted by atomic mass is 9.69. The van der Waals surface area contributed by atoms with Gasteiger partial charge in [0.05, 0.1) is 23.7 Å². The number of nitro groups is 1. The summed E-state index contributed by atoms with van der Waals surface area (Å²) in [6.45, 7) is 7.49. The summed E-state index contributed by atoms with van der Waals surface area (Å²) in [5, 5.41) is 14.5. The number of esters is 2. The number of carbonyl (C=O) groups excluding carboxylic acids is 3. The Morgan fingerprint density at radius 2 is 1.76 bits per heavy atom. The van der Waals surface area contributed by atoms with Gasteiger partial charge in [-0.15, -0.1) is 0 Å². The second kappa shape index (κ2) is 10.6. The van der Waals surface area contributed by atoms with Crippen molar-refractivity contribution in [1.29, 1.82) is 0 Å². The number of carbonyl (C=O) groups is 3. The van der Waals surface area contributed by atoms with Gasteiger partial charge in [-0.05, 0) is 38.2 Å². The molecule has 1 aromatic carbocycles. The van der Waals surface area contributed by atoms with E-state index in [1.165, 1.54) is 12.1 Å². The van der Waals surface area contributed by atoms with E-state index in [-0.39, 0.29) is 24.8 Å². The van der Waals surface area contributed by atoms with Crippen molar-refractivity contribution in [2.24, 2.45) is 11.8 Å². The number of non-ortho nitro benzene ring substituents is 1. The quantitative estimate of drug-likeness (QED) is 0.262. The minimum Gasteiger partial charge on any atom is -0.465 e. The summed E-state index contributed by atoms with van der Waals surface area (Å²) >= 11 is 0. The number of benzene rings is 1. The molecule has 182 valence electrons. The highest BCUT2D eigenvalue weighted by atomic mass is 16.6. The first-order valence-electron chi connectivity index (χ1n) is 11.6. The summed E-state index contributed by atoms with van der Waals surface area (Å²) in [6, 6.07) is 5.79. The first-order chi connectivity index (χ1) is 16.2. The van der Waals surface area contributed by atoms with E-state index in [1.54, 1.807) is 26.0 Å². The van der Waals surface area contributed by atoms with Gasteiger partial charge in [0, 0.05) is 35.0 Å². The predicted octanol–water partition coefficient (Wildman–Crippen LogP) is 3.94. The number of rotatable bonds is 8. The van der Waals surface area contributed by atoms with Gasteiger partial charge in [-0.2, -0.15) is 0 Å². The summed E-state index contributed by atoms with van der Waals surface area (Å²) in [5.41, 5.74) is 2.38. The summed E-state index contributed by atoms with van der Waals surface area (Å²) in [4.78, 5) is 50.3. The van der Waals surface area contributed by atoms with Gasteiger partial charge in [-0.1, -0.05) is 32.4 Å². The number of hydrogen-bond acceptors (Lipinski definition) is 8. The molecule has 0 aromatic heterocycles. The van der Waals surface area contributed by atoms with Crippen LogP contribution in [-0.2, 0) is 23.9 Å². The summed E-state index contributed by atoms with van der Waals surface area (Å²) in [6.07, 6.45) is 1.73. The number of ether oxygens (including phenoxy) is 2. The molecule has 0 spiro atoms. The van der Waals surface area contributed by atoms with E-state index >= 15 is 0 Å². The van der Waals surface area contributed by atoms with Gasteiger partial charge in [-0.3, -0.25) is 19.7 Å². The van der Waals surface area contributed by atoms with Gasteiger partial charge >= 0.3 is 11.9 Å². The van der Waals surface area contributed by atoms with Crippen molar-refractivity contribution in [2.45, 2.75) is 52.9 Å². The van der Waals surface area contributed by atoms with Crippen LogP contribution >= 0.6 is 0 Å². The zero-order chi connectivity index (χ0) is 25.0. The summed E-state index contributed by atoms with van der Waals surface area (Å²) in [7, 11) is 0. The van der Waals surface area contributed by atoms with Gasteiger partial charge in [-0.25, -0.2) is 4.79 Å². The molecule has 2 aliphatic rings. The third-order valence-electron chi connectivity index (χ3n) is 6.15. The zero-order valence-electron chi connectivity index (χ0n) is 19.9. The average molecular weight is 471 g/mol. The first kappa shape index (κ1) is 25.1.